The molecule has 1 saturated heterocycles. The Morgan fingerprint density at radius 3 is 2.63 bits per heavy atom. The third-order valence-corrected chi connectivity index (χ3v) is 8.50. The second-order valence-corrected chi connectivity index (χ2v) is 12.0. The highest BCUT2D eigenvalue weighted by Gasteiger charge is 2.41. The number of rotatable bonds is 10. The lowest BCUT2D eigenvalue weighted by Crippen LogP contribution is -2.56. The first kappa shape index (κ1) is 28.3. The molecular formula is C30H40N4O3S. The quantitative estimate of drug-likeness (QED) is 0.345. The molecule has 3 N–H and O–H groups in total. The van der Waals surface area contributed by atoms with Crippen LogP contribution in [0.15, 0.2) is 29.8 Å². The van der Waals surface area contributed by atoms with Crippen molar-refractivity contribution in [1.82, 2.24) is 15.2 Å². The Morgan fingerprint density at radius 2 is 2.00 bits per heavy atom. The molecule has 1 aliphatic heterocycles. The van der Waals surface area contributed by atoms with E-state index in [2.05, 4.69) is 53.3 Å². The summed E-state index contributed by atoms with van der Waals surface area (Å²) in [4.78, 5) is 34.0. The van der Waals surface area contributed by atoms with Crippen molar-refractivity contribution in [3.8, 4) is 22.3 Å². The Balaban J connectivity index is 1.35. The van der Waals surface area contributed by atoms with Gasteiger partial charge in [0.2, 0.25) is 11.8 Å². The minimum atomic E-state index is -0.767. The van der Waals surface area contributed by atoms with E-state index in [1.54, 1.807) is 16.2 Å². The second-order valence-electron chi connectivity index (χ2n) is 11.1. The predicted octanol–water partition coefficient (Wildman–Crippen LogP) is 4.46. The lowest BCUT2D eigenvalue weighted by Gasteiger charge is -2.35. The van der Waals surface area contributed by atoms with E-state index in [1.807, 2.05) is 26.3 Å². The fraction of sp³-hybridized carbons (Fsp3) is 0.567. The zero-order valence-electron chi connectivity index (χ0n) is 23.0. The Hall–Kier alpha value is -2.73. The van der Waals surface area contributed by atoms with E-state index in [0.717, 1.165) is 34.5 Å². The van der Waals surface area contributed by atoms with Gasteiger partial charge < -0.3 is 20.7 Å². The van der Waals surface area contributed by atoms with E-state index < -0.39 is 17.5 Å². The lowest BCUT2D eigenvalue weighted by atomic mass is 9.85. The molecule has 0 bridgehead atoms. The Kier molecular flexibility index (Phi) is 9.24. The molecular weight excluding hydrogens is 496 g/mol. The monoisotopic (exact) mass is 536 g/mol. The van der Waals surface area contributed by atoms with Crippen LogP contribution >= 0.6 is 11.3 Å². The highest BCUT2D eigenvalue weighted by molar-refractivity contribution is 7.13. The Bertz CT molecular complexity index is 1180. The molecule has 2 heterocycles. The summed E-state index contributed by atoms with van der Waals surface area (Å²) in [5.74, 6) is 6.44. The molecule has 7 nitrogen and oxygen atoms in total. The number of ether oxygens (including phenoxy) is 1. The molecule has 4 rings (SSSR count). The van der Waals surface area contributed by atoms with E-state index in [0.29, 0.717) is 32.1 Å². The number of carbonyl (C=O) groups excluding carboxylic acids is 2. The van der Waals surface area contributed by atoms with Gasteiger partial charge in [0.1, 0.15) is 12.6 Å². The summed E-state index contributed by atoms with van der Waals surface area (Å²) >= 11 is 1.62. The van der Waals surface area contributed by atoms with Gasteiger partial charge in [-0.1, -0.05) is 56.9 Å². The molecule has 0 spiro atoms. The van der Waals surface area contributed by atoms with Crippen LogP contribution in [0.5, 0.6) is 0 Å². The van der Waals surface area contributed by atoms with Crippen molar-refractivity contribution >= 4 is 23.2 Å². The van der Waals surface area contributed by atoms with Crippen LogP contribution in [0.3, 0.4) is 0 Å². The van der Waals surface area contributed by atoms with Crippen LogP contribution in [-0.2, 0) is 14.3 Å². The van der Waals surface area contributed by atoms with Crippen molar-refractivity contribution in [3.63, 3.8) is 0 Å². The van der Waals surface area contributed by atoms with Crippen LogP contribution in [0, 0.1) is 30.1 Å². The minimum absolute atomic E-state index is 0.123. The summed E-state index contributed by atoms with van der Waals surface area (Å²) in [6.07, 6.45) is 4.53. The van der Waals surface area contributed by atoms with Crippen LogP contribution in [0.25, 0.3) is 10.4 Å². The number of aryl methyl sites for hydroxylation is 1. The summed E-state index contributed by atoms with van der Waals surface area (Å²) < 4.78 is 5.73. The number of thiazole rings is 1. The third-order valence-electron chi connectivity index (χ3n) is 7.52. The molecule has 1 aliphatic carbocycles. The van der Waals surface area contributed by atoms with Crippen molar-refractivity contribution in [3.05, 3.63) is 41.0 Å². The fourth-order valence-corrected chi connectivity index (χ4v) is 5.63. The first-order chi connectivity index (χ1) is 18.2. The van der Waals surface area contributed by atoms with Crippen molar-refractivity contribution in [2.75, 3.05) is 19.8 Å². The molecule has 1 saturated carbocycles. The molecule has 3 atom stereocenters. The van der Waals surface area contributed by atoms with Gasteiger partial charge in [0.25, 0.3) is 0 Å². The molecule has 3 unspecified atom stereocenters. The zero-order chi connectivity index (χ0) is 27.3. The molecule has 2 amide bonds. The topological polar surface area (TPSA) is 97.6 Å². The smallest absolute Gasteiger partial charge is 0.243 e. The number of likely N-dealkylation sites (tertiary alicyclic amines) is 1. The predicted molar refractivity (Wildman–Crippen MR) is 151 cm³/mol. The van der Waals surface area contributed by atoms with Gasteiger partial charge >= 0.3 is 0 Å². The van der Waals surface area contributed by atoms with Crippen molar-refractivity contribution in [2.45, 2.75) is 77.9 Å². The summed E-state index contributed by atoms with van der Waals surface area (Å²) in [7, 11) is 0. The molecule has 204 valence electrons. The summed E-state index contributed by atoms with van der Waals surface area (Å²) in [6.45, 7) is 9.14. The van der Waals surface area contributed by atoms with Gasteiger partial charge in [0.15, 0.2) is 0 Å². The normalized spacial score (nSPS) is 19.0. The SMILES string of the molecule is CCC(NC(=O)C1CCCN1C(=O)C(N)C(C)(C)COCC#CC1CC1)c1ccc(-c2scnc2C)cc1. The number of amides is 2. The Morgan fingerprint density at radius 1 is 1.26 bits per heavy atom. The van der Waals surface area contributed by atoms with E-state index in [4.69, 9.17) is 10.5 Å². The maximum atomic E-state index is 13.4. The second kappa shape index (κ2) is 12.4. The number of hydrogen-bond acceptors (Lipinski definition) is 6. The molecule has 8 heteroatoms. The average molecular weight is 537 g/mol. The maximum absolute atomic E-state index is 13.4. The van der Waals surface area contributed by atoms with Crippen LogP contribution in [0.4, 0.5) is 0 Å². The molecule has 2 fully saturated rings. The standard InChI is InChI=1S/C30H40N4O3S/c1-5-24(22-12-14-23(15-13-22)26-20(2)32-19-38-26)33-28(35)25-9-6-16-34(25)29(36)27(31)30(3,4)18-37-17-7-8-21-10-11-21/h12-15,19,21,24-25,27H,5-6,9-11,16-18,31H2,1-4H3,(H,33,35). The summed E-state index contributed by atoms with van der Waals surface area (Å²) in [5, 5.41) is 3.19. The number of hydrogen-bond donors (Lipinski definition) is 2. The Labute approximate surface area is 230 Å². The van der Waals surface area contributed by atoms with E-state index in [1.165, 1.54) is 12.8 Å². The summed E-state index contributed by atoms with van der Waals surface area (Å²) in [6, 6.07) is 6.88. The number of benzene rings is 1. The van der Waals surface area contributed by atoms with Gasteiger partial charge in [-0.25, -0.2) is 4.98 Å². The molecule has 2 aromatic rings. The van der Waals surface area contributed by atoms with Crippen molar-refractivity contribution in [2.24, 2.45) is 17.1 Å². The summed E-state index contributed by atoms with van der Waals surface area (Å²) in [5.41, 5.74) is 10.9. The van der Waals surface area contributed by atoms with Crippen molar-refractivity contribution < 1.29 is 14.3 Å². The first-order valence-corrected chi connectivity index (χ1v) is 14.5. The van der Waals surface area contributed by atoms with Crippen LogP contribution in [0.1, 0.15) is 70.2 Å². The van der Waals surface area contributed by atoms with Crippen molar-refractivity contribution in [1.29, 1.82) is 0 Å². The fourth-order valence-electron chi connectivity index (χ4n) is 4.82. The number of nitrogens with two attached hydrogens (primary N) is 1. The van der Waals surface area contributed by atoms with E-state index in [9.17, 15) is 9.59 Å². The lowest BCUT2D eigenvalue weighted by molar-refractivity contribution is -0.142. The van der Waals surface area contributed by atoms with Crippen LogP contribution in [-0.4, -0.2) is 53.5 Å². The molecule has 1 aromatic carbocycles. The number of carbonyl (C=O) groups is 2. The number of nitrogens with one attached hydrogen (secondary N) is 1. The van der Waals surface area contributed by atoms with E-state index in [-0.39, 0.29) is 17.9 Å². The average Bonchev–Trinajstić information content (AvgIpc) is 3.42. The van der Waals surface area contributed by atoms with Crippen LogP contribution in [0.2, 0.25) is 0 Å². The van der Waals surface area contributed by atoms with Gasteiger partial charge in [0.05, 0.1) is 34.8 Å². The molecule has 1 aromatic heterocycles. The van der Waals surface area contributed by atoms with Gasteiger partial charge in [0, 0.05) is 17.9 Å². The van der Waals surface area contributed by atoms with Gasteiger partial charge in [-0.3, -0.25) is 9.59 Å². The van der Waals surface area contributed by atoms with Gasteiger partial charge in [-0.2, -0.15) is 0 Å². The van der Waals surface area contributed by atoms with Gasteiger partial charge in [-0.05, 0) is 50.2 Å². The zero-order valence-corrected chi connectivity index (χ0v) is 23.8. The molecule has 0 radical (unpaired) electrons. The third kappa shape index (κ3) is 6.82. The van der Waals surface area contributed by atoms with Crippen LogP contribution < -0.4 is 11.1 Å². The number of nitrogens with zero attached hydrogens (tertiary/aromatic N) is 2. The van der Waals surface area contributed by atoms with Gasteiger partial charge in [-0.15, -0.1) is 11.3 Å². The van der Waals surface area contributed by atoms with E-state index >= 15 is 0 Å². The molecule has 2 aliphatic rings. The first-order valence-electron chi connectivity index (χ1n) is 13.6. The highest BCUT2D eigenvalue weighted by Crippen LogP contribution is 2.30. The maximum Gasteiger partial charge on any atom is 0.243 e. The molecule has 38 heavy (non-hydrogen) atoms. The minimum Gasteiger partial charge on any atom is -0.368 e. The largest absolute Gasteiger partial charge is 0.368 e. The number of aromatic nitrogens is 1. The highest BCUT2D eigenvalue weighted by atomic mass is 32.1.